The van der Waals surface area contributed by atoms with Crippen LogP contribution in [0.3, 0.4) is 0 Å². The molecule has 3 heteroatoms. The van der Waals surface area contributed by atoms with E-state index in [9.17, 15) is 0 Å². The molecule has 1 aromatic carbocycles. The summed E-state index contributed by atoms with van der Waals surface area (Å²) in [4.78, 5) is 4.42. The van der Waals surface area contributed by atoms with Gasteiger partial charge in [0.2, 0.25) is 0 Å². The number of nitrogens with zero attached hydrogens (tertiary/aromatic N) is 3. The molecule has 0 atom stereocenters. The first-order valence-electron chi connectivity index (χ1n) is 6.98. The number of imidazole rings is 1. The van der Waals surface area contributed by atoms with E-state index in [1.807, 2.05) is 29.8 Å². The zero-order chi connectivity index (χ0) is 14.3. The first kappa shape index (κ1) is 12.9. The molecule has 3 aromatic rings. The zero-order valence-electron chi connectivity index (χ0n) is 12.4. The van der Waals surface area contributed by atoms with E-state index < -0.39 is 0 Å². The number of rotatable bonds is 2. The van der Waals surface area contributed by atoms with E-state index in [1.165, 1.54) is 16.7 Å². The fraction of sp³-hybridized carbons (Fsp3) is 0.294. The molecule has 20 heavy (non-hydrogen) atoms. The highest BCUT2D eigenvalue weighted by atomic mass is 15.2. The van der Waals surface area contributed by atoms with Gasteiger partial charge < -0.3 is 0 Å². The molecule has 3 nitrogen and oxygen atoms in total. The van der Waals surface area contributed by atoms with Gasteiger partial charge in [-0.2, -0.15) is 5.10 Å². The largest absolute Gasteiger partial charge is 0.232 e. The fourth-order valence-corrected chi connectivity index (χ4v) is 2.42. The molecule has 0 spiro atoms. The van der Waals surface area contributed by atoms with Gasteiger partial charge in [-0.25, -0.2) is 9.50 Å². The number of fused-ring (bicyclic) bond motifs is 1. The second kappa shape index (κ2) is 4.75. The van der Waals surface area contributed by atoms with Gasteiger partial charge in [-0.1, -0.05) is 26.0 Å². The van der Waals surface area contributed by atoms with Crippen molar-refractivity contribution >= 4 is 5.65 Å². The van der Waals surface area contributed by atoms with Crippen LogP contribution in [0.25, 0.3) is 16.9 Å². The zero-order valence-corrected chi connectivity index (χ0v) is 12.4. The standard InChI is InChI=1S/C17H19N3/c1-11(2)14-6-5-12(3)15(9-14)16-7-8-17-18-13(4)10-20(17)19-16/h5-11H,1-4H3. The molecule has 0 bridgehead atoms. The van der Waals surface area contributed by atoms with Crippen LogP contribution in [0, 0.1) is 13.8 Å². The Morgan fingerprint density at radius 3 is 2.60 bits per heavy atom. The lowest BCUT2D eigenvalue weighted by Gasteiger charge is -2.11. The van der Waals surface area contributed by atoms with E-state index in [2.05, 4.69) is 49.1 Å². The monoisotopic (exact) mass is 265 g/mol. The summed E-state index contributed by atoms with van der Waals surface area (Å²) in [6.45, 7) is 8.54. The lowest BCUT2D eigenvalue weighted by Crippen LogP contribution is -1.96. The van der Waals surface area contributed by atoms with Crippen LogP contribution in [0.5, 0.6) is 0 Å². The predicted molar refractivity (Wildman–Crippen MR) is 82.0 cm³/mol. The van der Waals surface area contributed by atoms with Crippen molar-refractivity contribution in [3.63, 3.8) is 0 Å². The van der Waals surface area contributed by atoms with Crippen LogP contribution in [-0.2, 0) is 0 Å². The Hall–Kier alpha value is -2.16. The molecule has 0 aliphatic rings. The van der Waals surface area contributed by atoms with Crippen molar-refractivity contribution in [3.8, 4) is 11.3 Å². The van der Waals surface area contributed by atoms with Crippen LogP contribution < -0.4 is 0 Å². The van der Waals surface area contributed by atoms with Gasteiger partial charge in [0.15, 0.2) is 5.65 Å². The van der Waals surface area contributed by atoms with E-state index in [0.29, 0.717) is 5.92 Å². The summed E-state index contributed by atoms with van der Waals surface area (Å²) in [7, 11) is 0. The van der Waals surface area contributed by atoms with Crippen molar-refractivity contribution in [2.45, 2.75) is 33.6 Å². The molecule has 0 saturated carbocycles. The summed E-state index contributed by atoms with van der Waals surface area (Å²) in [5.74, 6) is 0.522. The van der Waals surface area contributed by atoms with Crippen LogP contribution in [0.2, 0.25) is 0 Å². The molecular weight excluding hydrogens is 246 g/mol. The quantitative estimate of drug-likeness (QED) is 0.697. The summed E-state index contributed by atoms with van der Waals surface area (Å²) < 4.78 is 1.85. The number of aromatic nitrogens is 3. The maximum atomic E-state index is 4.68. The van der Waals surface area contributed by atoms with Gasteiger partial charge in [0.1, 0.15) is 0 Å². The van der Waals surface area contributed by atoms with E-state index >= 15 is 0 Å². The van der Waals surface area contributed by atoms with Crippen LogP contribution in [0.1, 0.15) is 36.6 Å². The van der Waals surface area contributed by atoms with E-state index in [1.54, 1.807) is 0 Å². The van der Waals surface area contributed by atoms with Crippen LogP contribution in [0.4, 0.5) is 0 Å². The Morgan fingerprint density at radius 1 is 1.05 bits per heavy atom. The van der Waals surface area contributed by atoms with Crippen LogP contribution >= 0.6 is 0 Å². The molecule has 0 aliphatic carbocycles. The molecule has 0 unspecified atom stereocenters. The van der Waals surface area contributed by atoms with Crippen molar-refractivity contribution in [1.29, 1.82) is 0 Å². The number of aryl methyl sites for hydroxylation is 2. The van der Waals surface area contributed by atoms with Crippen molar-refractivity contribution in [1.82, 2.24) is 14.6 Å². The molecule has 0 saturated heterocycles. The van der Waals surface area contributed by atoms with E-state index in [4.69, 9.17) is 0 Å². The summed E-state index contributed by atoms with van der Waals surface area (Å²) in [5.41, 5.74) is 6.66. The normalized spacial score (nSPS) is 11.4. The summed E-state index contributed by atoms with van der Waals surface area (Å²) in [5, 5.41) is 4.68. The minimum atomic E-state index is 0.522. The first-order valence-corrected chi connectivity index (χ1v) is 6.98. The number of hydrogen-bond acceptors (Lipinski definition) is 2. The minimum Gasteiger partial charge on any atom is -0.232 e. The van der Waals surface area contributed by atoms with Crippen molar-refractivity contribution < 1.29 is 0 Å². The number of benzene rings is 1. The van der Waals surface area contributed by atoms with Crippen molar-refractivity contribution in [2.24, 2.45) is 0 Å². The second-order valence-electron chi connectivity index (χ2n) is 5.63. The van der Waals surface area contributed by atoms with E-state index in [0.717, 1.165) is 17.0 Å². The van der Waals surface area contributed by atoms with Crippen LogP contribution in [-0.4, -0.2) is 14.6 Å². The topological polar surface area (TPSA) is 30.2 Å². The Kier molecular flexibility index (Phi) is 3.05. The summed E-state index contributed by atoms with van der Waals surface area (Å²) in [6, 6.07) is 10.7. The summed E-state index contributed by atoms with van der Waals surface area (Å²) in [6.07, 6.45) is 1.96. The third-order valence-electron chi connectivity index (χ3n) is 3.64. The SMILES string of the molecule is Cc1cn2nc(-c3cc(C(C)C)ccc3C)ccc2n1. The highest BCUT2D eigenvalue weighted by Gasteiger charge is 2.08. The molecule has 2 aromatic heterocycles. The maximum Gasteiger partial charge on any atom is 0.153 e. The Morgan fingerprint density at radius 2 is 1.85 bits per heavy atom. The highest BCUT2D eigenvalue weighted by Crippen LogP contribution is 2.26. The molecular formula is C17H19N3. The molecule has 2 heterocycles. The smallest absolute Gasteiger partial charge is 0.153 e. The maximum absolute atomic E-state index is 4.68. The third-order valence-corrected chi connectivity index (χ3v) is 3.64. The lowest BCUT2D eigenvalue weighted by atomic mass is 9.96. The number of hydrogen-bond donors (Lipinski definition) is 0. The second-order valence-corrected chi connectivity index (χ2v) is 5.63. The van der Waals surface area contributed by atoms with Gasteiger partial charge in [0.05, 0.1) is 17.6 Å². The summed E-state index contributed by atoms with van der Waals surface area (Å²) >= 11 is 0. The lowest BCUT2D eigenvalue weighted by molar-refractivity contribution is 0.865. The Labute approximate surface area is 119 Å². The molecule has 0 aliphatic heterocycles. The van der Waals surface area contributed by atoms with Crippen molar-refractivity contribution in [3.05, 3.63) is 53.3 Å². The van der Waals surface area contributed by atoms with Gasteiger partial charge in [-0.3, -0.25) is 0 Å². The highest BCUT2D eigenvalue weighted by molar-refractivity contribution is 5.65. The van der Waals surface area contributed by atoms with E-state index in [-0.39, 0.29) is 0 Å². The molecule has 0 fully saturated rings. The van der Waals surface area contributed by atoms with Gasteiger partial charge >= 0.3 is 0 Å². The van der Waals surface area contributed by atoms with Gasteiger partial charge in [0.25, 0.3) is 0 Å². The fourth-order valence-electron chi connectivity index (χ4n) is 2.42. The van der Waals surface area contributed by atoms with Gasteiger partial charge in [-0.15, -0.1) is 0 Å². The average molecular weight is 265 g/mol. The average Bonchev–Trinajstić information content (AvgIpc) is 2.78. The minimum absolute atomic E-state index is 0.522. The molecule has 0 N–H and O–H groups in total. The Bertz CT molecular complexity index is 769. The molecule has 102 valence electrons. The molecule has 3 rings (SSSR count). The predicted octanol–water partition coefficient (Wildman–Crippen LogP) is 4.14. The third kappa shape index (κ3) is 2.20. The molecule has 0 amide bonds. The molecule has 0 radical (unpaired) electrons. The van der Waals surface area contributed by atoms with Gasteiger partial charge in [0, 0.05) is 5.56 Å². The van der Waals surface area contributed by atoms with Gasteiger partial charge in [-0.05, 0) is 49.1 Å². The van der Waals surface area contributed by atoms with Crippen LogP contribution in [0.15, 0.2) is 36.5 Å². The first-order chi connectivity index (χ1) is 9.54. The van der Waals surface area contributed by atoms with Crippen molar-refractivity contribution in [2.75, 3.05) is 0 Å². The Balaban J connectivity index is 2.16.